The highest BCUT2D eigenvalue weighted by Crippen LogP contribution is 2.13. The molecule has 0 amide bonds. The van der Waals surface area contributed by atoms with Gasteiger partial charge in [0.25, 0.3) is 0 Å². The highest BCUT2D eigenvalue weighted by Gasteiger charge is 2.20. The van der Waals surface area contributed by atoms with Crippen LogP contribution in [0.4, 0.5) is 0 Å². The molecule has 0 spiro atoms. The molecule has 1 aromatic carbocycles. The van der Waals surface area contributed by atoms with Crippen LogP contribution in [0.15, 0.2) is 41.6 Å². The third-order valence-corrected chi connectivity index (χ3v) is 4.01. The predicted molar refractivity (Wildman–Crippen MR) is 90.6 cm³/mol. The smallest absolute Gasteiger partial charge is 0.353 e. The van der Waals surface area contributed by atoms with E-state index in [1.807, 2.05) is 54.8 Å². The average Bonchev–Trinajstić information content (AvgIpc) is 2.97. The molecule has 0 saturated carbocycles. The summed E-state index contributed by atoms with van der Waals surface area (Å²) in [7, 11) is 1.40. The standard InChI is InChI=1S/C19H20N3O2/c1-4-17-11-16(21-19-13(2)12-20-22(17)19)9-14-5-7-15(8-6-14)10-18(23)24-3/h4-8,11-12H,9-10H2,1-3H3/q+1. The summed E-state index contributed by atoms with van der Waals surface area (Å²) in [6.45, 7) is 4.01. The molecule has 5 heteroatoms. The zero-order valence-electron chi connectivity index (χ0n) is 14.1. The van der Waals surface area contributed by atoms with E-state index in [1.165, 1.54) is 7.11 Å². The number of aromatic nitrogens is 2. The first-order valence-electron chi connectivity index (χ1n) is 7.89. The maximum absolute atomic E-state index is 11.3. The maximum atomic E-state index is 11.3. The van der Waals surface area contributed by atoms with Gasteiger partial charge in [-0.25, -0.2) is 0 Å². The Kier molecular flexibility index (Phi) is 4.51. The third-order valence-electron chi connectivity index (χ3n) is 4.01. The SMILES string of the molecule is CC=c1cc(Cc2ccc(CC(=O)OC)cc2)nc2[n+]1=NC=C2C. The van der Waals surface area contributed by atoms with E-state index in [9.17, 15) is 4.79 Å². The van der Waals surface area contributed by atoms with Crippen molar-refractivity contribution in [2.75, 3.05) is 7.11 Å². The van der Waals surface area contributed by atoms with Crippen LogP contribution in [-0.4, -0.2) is 18.1 Å². The molecule has 0 unspecified atom stereocenters. The van der Waals surface area contributed by atoms with Gasteiger partial charge < -0.3 is 4.74 Å². The molecule has 1 aromatic heterocycles. The summed E-state index contributed by atoms with van der Waals surface area (Å²) in [4.78, 5) is 16.0. The fourth-order valence-corrected chi connectivity index (χ4v) is 2.67. The van der Waals surface area contributed by atoms with Crippen molar-refractivity contribution in [1.29, 1.82) is 0 Å². The topological polar surface area (TPSA) is 57.5 Å². The minimum absolute atomic E-state index is 0.228. The van der Waals surface area contributed by atoms with Crippen LogP contribution < -0.4 is 9.71 Å². The van der Waals surface area contributed by atoms with Gasteiger partial charge in [-0.05, 0) is 36.0 Å². The first kappa shape index (κ1) is 16.1. The van der Waals surface area contributed by atoms with E-state index in [4.69, 9.17) is 4.98 Å². The van der Waals surface area contributed by atoms with E-state index >= 15 is 0 Å². The molecule has 0 saturated heterocycles. The number of hydrogen-bond acceptors (Lipinski definition) is 4. The number of carbonyl (C=O) groups is 1. The Morgan fingerprint density at radius 1 is 1.25 bits per heavy atom. The second-order valence-electron chi connectivity index (χ2n) is 5.77. The van der Waals surface area contributed by atoms with Crippen LogP contribution in [0.3, 0.4) is 0 Å². The Morgan fingerprint density at radius 3 is 2.62 bits per heavy atom. The predicted octanol–water partition coefficient (Wildman–Crippen LogP) is 1.88. The third kappa shape index (κ3) is 3.25. The lowest BCUT2D eigenvalue weighted by Gasteiger charge is -2.02. The number of rotatable bonds is 4. The van der Waals surface area contributed by atoms with Crippen molar-refractivity contribution in [3.05, 3.63) is 64.5 Å². The van der Waals surface area contributed by atoms with Gasteiger partial charge in [0.05, 0.1) is 25.3 Å². The van der Waals surface area contributed by atoms with Gasteiger partial charge in [-0.1, -0.05) is 33.7 Å². The van der Waals surface area contributed by atoms with Crippen molar-refractivity contribution in [2.24, 2.45) is 5.11 Å². The quantitative estimate of drug-likeness (QED) is 0.638. The first-order chi connectivity index (χ1) is 11.6. The summed E-state index contributed by atoms with van der Waals surface area (Å²) in [6.07, 6.45) is 4.90. The van der Waals surface area contributed by atoms with Gasteiger partial charge in [-0.15, -0.1) is 0 Å². The van der Waals surface area contributed by atoms with Gasteiger partial charge in [0.1, 0.15) is 0 Å². The van der Waals surface area contributed by atoms with Crippen molar-refractivity contribution in [3.8, 4) is 0 Å². The number of allylic oxidation sites excluding steroid dienone is 1. The Balaban J connectivity index is 1.85. The molecule has 0 atom stereocenters. The molecule has 3 rings (SSSR count). The lowest BCUT2D eigenvalue weighted by Crippen LogP contribution is -2.40. The van der Waals surface area contributed by atoms with Gasteiger partial charge in [0.15, 0.2) is 11.0 Å². The van der Waals surface area contributed by atoms with Crippen LogP contribution in [0.1, 0.15) is 36.5 Å². The number of hydrogen-bond donors (Lipinski definition) is 0. The summed E-state index contributed by atoms with van der Waals surface area (Å²) in [5.41, 5.74) is 4.16. The van der Waals surface area contributed by atoms with E-state index in [0.717, 1.165) is 40.0 Å². The number of methoxy groups -OCH3 is 1. The van der Waals surface area contributed by atoms with Crippen LogP contribution in [0.25, 0.3) is 11.6 Å². The Hall–Kier alpha value is -2.82. The fraction of sp³-hybridized carbons (Fsp3) is 0.263. The molecule has 122 valence electrons. The van der Waals surface area contributed by atoms with E-state index in [0.29, 0.717) is 6.42 Å². The zero-order chi connectivity index (χ0) is 17.1. The Bertz CT molecular complexity index is 928. The summed E-state index contributed by atoms with van der Waals surface area (Å²) >= 11 is 0. The van der Waals surface area contributed by atoms with Crippen LogP contribution in [0, 0.1) is 0 Å². The summed E-state index contributed by atoms with van der Waals surface area (Å²) < 4.78 is 6.55. The molecule has 0 N–H and O–H groups in total. The first-order valence-corrected chi connectivity index (χ1v) is 7.89. The second kappa shape index (κ2) is 6.74. The van der Waals surface area contributed by atoms with Gasteiger partial charge >= 0.3 is 11.8 Å². The number of carbonyl (C=O) groups excluding carboxylic acids is 1. The molecule has 1 aliphatic rings. The van der Waals surface area contributed by atoms with Crippen LogP contribution in [0.2, 0.25) is 0 Å². The lowest BCUT2D eigenvalue weighted by atomic mass is 10.1. The van der Waals surface area contributed by atoms with Crippen LogP contribution >= 0.6 is 0 Å². The molecule has 24 heavy (non-hydrogen) atoms. The van der Waals surface area contributed by atoms with Crippen molar-refractivity contribution in [3.63, 3.8) is 0 Å². The molecule has 0 bridgehead atoms. The molecule has 2 aromatic rings. The fourth-order valence-electron chi connectivity index (χ4n) is 2.67. The summed E-state index contributed by atoms with van der Waals surface area (Å²) in [5, 5.41) is 5.40. The van der Waals surface area contributed by atoms with Crippen LogP contribution in [0.5, 0.6) is 0 Å². The molecule has 2 heterocycles. The number of nitrogens with zero attached hydrogens (tertiary/aromatic N) is 3. The Morgan fingerprint density at radius 2 is 1.96 bits per heavy atom. The molecular weight excluding hydrogens is 302 g/mol. The minimum Gasteiger partial charge on any atom is -0.469 e. The Labute approximate surface area is 140 Å². The summed E-state index contributed by atoms with van der Waals surface area (Å²) in [5.74, 6) is 0.664. The molecular formula is C19H20N3O2+. The normalized spacial score (nSPS) is 13.3. The lowest BCUT2D eigenvalue weighted by molar-refractivity contribution is -0.561. The summed E-state index contributed by atoms with van der Waals surface area (Å²) in [6, 6.07) is 10.0. The zero-order valence-corrected chi connectivity index (χ0v) is 14.1. The molecule has 0 radical (unpaired) electrons. The molecule has 1 aliphatic heterocycles. The van der Waals surface area contributed by atoms with Crippen molar-refractivity contribution in [2.45, 2.75) is 26.7 Å². The van der Waals surface area contributed by atoms with E-state index < -0.39 is 0 Å². The van der Waals surface area contributed by atoms with Gasteiger partial charge in [0.2, 0.25) is 0 Å². The second-order valence-corrected chi connectivity index (χ2v) is 5.77. The van der Waals surface area contributed by atoms with Crippen molar-refractivity contribution < 1.29 is 13.9 Å². The molecule has 0 fully saturated rings. The molecule has 5 nitrogen and oxygen atoms in total. The van der Waals surface area contributed by atoms with E-state index in [1.54, 1.807) is 0 Å². The van der Waals surface area contributed by atoms with Gasteiger partial charge in [0, 0.05) is 12.5 Å². The minimum atomic E-state index is -0.228. The highest BCUT2D eigenvalue weighted by molar-refractivity contribution is 5.72. The van der Waals surface area contributed by atoms with E-state index in [2.05, 4.69) is 15.9 Å². The highest BCUT2D eigenvalue weighted by atomic mass is 16.5. The molecule has 0 aliphatic carbocycles. The maximum Gasteiger partial charge on any atom is 0.353 e. The number of esters is 1. The monoisotopic (exact) mass is 322 g/mol. The van der Waals surface area contributed by atoms with Crippen molar-refractivity contribution >= 4 is 17.6 Å². The van der Waals surface area contributed by atoms with Crippen LogP contribution in [-0.2, 0) is 22.4 Å². The van der Waals surface area contributed by atoms with Crippen molar-refractivity contribution in [1.82, 2.24) is 4.98 Å². The number of ether oxygens (including phenoxy) is 1. The average molecular weight is 322 g/mol. The van der Waals surface area contributed by atoms with Gasteiger partial charge in [-0.3, -0.25) is 4.79 Å². The number of benzene rings is 1. The largest absolute Gasteiger partial charge is 0.469 e. The van der Waals surface area contributed by atoms with E-state index in [-0.39, 0.29) is 5.97 Å². The van der Waals surface area contributed by atoms with Gasteiger partial charge in [-0.2, -0.15) is 0 Å². The number of fused-ring (bicyclic) bond motifs is 1.